The highest BCUT2D eigenvalue weighted by Crippen LogP contribution is 1.60. The van der Waals surface area contributed by atoms with Crippen LogP contribution in [0, 0.1) is 0 Å². The van der Waals surface area contributed by atoms with Crippen LogP contribution in [0.3, 0.4) is 0 Å². The molecule has 0 saturated carbocycles. The standard InChI is InChI=1S/C8H23N5.C3H4O2/c9-1-3-11-5-7-13-8-6-12-4-2-10;1-2-3(4)5/h11-13H,1-10H2;2H,1H2,(H,4,5). The molecule has 0 bridgehead atoms. The van der Waals surface area contributed by atoms with Crippen molar-refractivity contribution < 1.29 is 9.90 Å². The summed E-state index contributed by atoms with van der Waals surface area (Å²) in [7, 11) is 0. The van der Waals surface area contributed by atoms with Crippen molar-refractivity contribution in [2.24, 2.45) is 11.5 Å². The molecule has 0 amide bonds. The maximum absolute atomic E-state index is 9.25. The maximum atomic E-state index is 9.25. The fraction of sp³-hybridized carbons (Fsp3) is 0.727. The third kappa shape index (κ3) is 24.3. The lowest BCUT2D eigenvalue weighted by Gasteiger charge is -2.06. The van der Waals surface area contributed by atoms with Crippen molar-refractivity contribution >= 4 is 5.97 Å². The van der Waals surface area contributed by atoms with Crippen LogP contribution in [0.4, 0.5) is 0 Å². The van der Waals surface area contributed by atoms with Crippen LogP contribution in [0.25, 0.3) is 0 Å². The predicted octanol–water partition coefficient (Wildman–Crippen LogP) is -2.07. The average Bonchev–Trinajstić information content (AvgIpc) is 2.37. The van der Waals surface area contributed by atoms with Gasteiger partial charge in [0.05, 0.1) is 0 Å². The van der Waals surface area contributed by atoms with Crippen LogP contribution >= 0.6 is 0 Å². The molecule has 0 saturated heterocycles. The molecular formula is C11H27N5O2. The van der Waals surface area contributed by atoms with Crippen molar-refractivity contribution in [3.05, 3.63) is 12.7 Å². The second kappa shape index (κ2) is 18.4. The average molecular weight is 261 g/mol. The molecule has 0 aromatic heterocycles. The van der Waals surface area contributed by atoms with Gasteiger partial charge in [0, 0.05) is 58.4 Å². The highest BCUT2D eigenvalue weighted by molar-refractivity contribution is 5.78. The third-order valence-corrected chi connectivity index (χ3v) is 1.77. The van der Waals surface area contributed by atoms with E-state index in [0.29, 0.717) is 13.1 Å². The molecule has 0 aromatic rings. The third-order valence-electron chi connectivity index (χ3n) is 1.77. The Hall–Kier alpha value is -0.990. The lowest BCUT2D eigenvalue weighted by Crippen LogP contribution is -2.35. The van der Waals surface area contributed by atoms with Gasteiger partial charge in [0.1, 0.15) is 0 Å². The highest BCUT2D eigenvalue weighted by atomic mass is 16.4. The monoisotopic (exact) mass is 261 g/mol. The molecule has 0 aliphatic rings. The molecule has 0 aromatic carbocycles. The number of hydrogen-bond donors (Lipinski definition) is 6. The number of carbonyl (C=O) groups is 1. The van der Waals surface area contributed by atoms with E-state index >= 15 is 0 Å². The number of nitrogens with two attached hydrogens (primary N) is 2. The molecule has 0 aliphatic carbocycles. The number of nitrogens with one attached hydrogen (secondary N) is 3. The zero-order valence-corrected chi connectivity index (χ0v) is 11.0. The van der Waals surface area contributed by atoms with E-state index in [1.807, 2.05) is 0 Å². The summed E-state index contributed by atoms with van der Waals surface area (Å²) < 4.78 is 0. The van der Waals surface area contributed by atoms with Gasteiger partial charge in [-0.15, -0.1) is 0 Å². The smallest absolute Gasteiger partial charge is 0.327 e. The van der Waals surface area contributed by atoms with Crippen molar-refractivity contribution in [2.75, 3.05) is 52.4 Å². The summed E-state index contributed by atoms with van der Waals surface area (Å²) in [6.07, 6.45) is 0.833. The Morgan fingerprint density at radius 3 is 1.44 bits per heavy atom. The molecule has 0 radical (unpaired) electrons. The number of carboxylic acids is 1. The van der Waals surface area contributed by atoms with Crippen LogP contribution in [0.2, 0.25) is 0 Å². The van der Waals surface area contributed by atoms with Gasteiger partial charge in [-0.25, -0.2) is 4.79 Å². The summed E-state index contributed by atoms with van der Waals surface area (Å²) in [6, 6.07) is 0. The van der Waals surface area contributed by atoms with Gasteiger partial charge < -0.3 is 32.5 Å². The zero-order chi connectivity index (χ0) is 14.1. The van der Waals surface area contributed by atoms with Gasteiger partial charge >= 0.3 is 5.97 Å². The van der Waals surface area contributed by atoms with Crippen molar-refractivity contribution in [3.8, 4) is 0 Å². The van der Waals surface area contributed by atoms with Crippen LogP contribution in [0.1, 0.15) is 0 Å². The van der Waals surface area contributed by atoms with Crippen LogP contribution in [0.5, 0.6) is 0 Å². The number of rotatable bonds is 11. The van der Waals surface area contributed by atoms with Crippen LogP contribution < -0.4 is 27.4 Å². The first-order valence-corrected chi connectivity index (χ1v) is 6.06. The summed E-state index contributed by atoms with van der Waals surface area (Å²) in [5.74, 6) is -0.981. The van der Waals surface area contributed by atoms with E-state index in [2.05, 4.69) is 22.5 Å². The second-order valence-electron chi connectivity index (χ2n) is 3.37. The maximum Gasteiger partial charge on any atom is 0.327 e. The van der Waals surface area contributed by atoms with E-state index in [0.717, 1.165) is 45.3 Å². The molecule has 0 rings (SSSR count). The first-order chi connectivity index (χ1) is 8.68. The number of aliphatic carboxylic acids is 1. The molecule has 7 heteroatoms. The van der Waals surface area contributed by atoms with Crippen LogP contribution in [-0.4, -0.2) is 63.4 Å². The molecule has 8 N–H and O–H groups in total. The minimum atomic E-state index is -0.981. The van der Waals surface area contributed by atoms with E-state index in [9.17, 15) is 4.79 Å². The van der Waals surface area contributed by atoms with Gasteiger partial charge in [-0.3, -0.25) is 0 Å². The largest absolute Gasteiger partial charge is 0.478 e. The van der Waals surface area contributed by atoms with Gasteiger partial charge in [0.15, 0.2) is 0 Å². The van der Waals surface area contributed by atoms with E-state index < -0.39 is 5.97 Å². The molecule has 108 valence electrons. The normalized spacial score (nSPS) is 9.44. The fourth-order valence-electron chi connectivity index (χ4n) is 0.933. The highest BCUT2D eigenvalue weighted by Gasteiger charge is 1.87. The quantitative estimate of drug-likeness (QED) is 0.186. The first kappa shape index (κ1) is 19.4. The molecule has 18 heavy (non-hydrogen) atoms. The van der Waals surface area contributed by atoms with Crippen molar-refractivity contribution in [3.63, 3.8) is 0 Å². The van der Waals surface area contributed by atoms with E-state index in [1.165, 1.54) is 0 Å². The van der Waals surface area contributed by atoms with Gasteiger partial charge in [-0.1, -0.05) is 6.58 Å². The molecule has 0 heterocycles. The minimum absolute atomic E-state index is 0.706. The topological polar surface area (TPSA) is 125 Å². The molecule has 0 fully saturated rings. The van der Waals surface area contributed by atoms with Gasteiger partial charge in [0.2, 0.25) is 0 Å². The van der Waals surface area contributed by atoms with E-state index in [4.69, 9.17) is 16.6 Å². The Bertz CT molecular complexity index is 180. The van der Waals surface area contributed by atoms with E-state index in [1.54, 1.807) is 0 Å². The van der Waals surface area contributed by atoms with Crippen molar-refractivity contribution in [1.82, 2.24) is 16.0 Å². The lowest BCUT2D eigenvalue weighted by molar-refractivity contribution is -0.131. The Kier molecular flexibility index (Phi) is 19.8. The molecule has 0 unspecified atom stereocenters. The Labute approximate surface area is 109 Å². The molecule has 7 nitrogen and oxygen atoms in total. The number of hydrogen-bond acceptors (Lipinski definition) is 6. The van der Waals surface area contributed by atoms with Crippen molar-refractivity contribution in [2.45, 2.75) is 0 Å². The molecule has 0 aliphatic heterocycles. The van der Waals surface area contributed by atoms with Gasteiger partial charge in [0.25, 0.3) is 0 Å². The lowest BCUT2D eigenvalue weighted by atomic mass is 10.5. The minimum Gasteiger partial charge on any atom is -0.478 e. The second-order valence-corrected chi connectivity index (χ2v) is 3.37. The zero-order valence-electron chi connectivity index (χ0n) is 11.0. The van der Waals surface area contributed by atoms with Crippen molar-refractivity contribution in [1.29, 1.82) is 0 Å². The first-order valence-electron chi connectivity index (χ1n) is 6.06. The molecular weight excluding hydrogens is 234 g/mol. The SMILES string of the molecule is C=CC(=O)O.NCCNCCNCCNCCN. The summed E-state index contributed by atoms with van der Waals surface area (Å²) in [6.45, 7) is 10.1. The molecule has 0 atom stereocenters. The van der Waals surface area contributed by atoms with Gasteiger partial charge in [-0.2, -0.15) is 0 Å². The Balaban J connectivity index is 0. The predicted molar refractivity (Wildman–Crippen MR) is 74.6 cm³/mol. The molecule has 0 spiro atoms. The summed E-state index contributed by atoms with van der Waals surface area (Å²) in [4.78, 5) is 9.25. The Morgan fingerprint density at radius 2 is 1.22 bits per heavy atom. The summed E-state index contributed by atoms with van der Waals surface area (Å²) >= 11 is 0. The van der Waals surface area contributed by atoms with E-state index in [-0.39, 0.29) is 0 Å². The summed E-state index contributed by atoms with van der Waals surface area (Å²) in [5, 5.41) is 17.3. The Morgan fingerprint density at radius 1 is 0.944 bits per heavy atom. The van der Waals surface area contributed by atoms with Crippen LogP contribution in [-0.2, 0) is 4.79 Å². The number of carboxylic acid groups (broad SMARTS) is 1. The summed E-state index contributed by atoms with van der Waals surface area (Å²) in [5.41, 5.74) is 10.6. The van der Waals surface area contributed by atoms with Gasteiger partial charge in [-0.05, 0) is 0 Å². The van der Waals surface area contributed by atoms with Crippen LogP contribution in [0.15, 0.2) is 12.7 Å². The fourth-order valence-corrected chi connectivity index (χ4v) is 0.933.